The molecule has 1 heterocycles. The highest BCUT2D eigenvalue weighted by molar-refractivity contribution is 6.24. The van der Waals surface area contributed by atoms with Gasteiger partial charge in [0.25, 0.3) is 0 Å². The fraction of sp³-hybridized carbons (Fsp3) is 0.321. The summed E-state index contributed by atoms with van der Waals surface area (Å²) in [6, 6.07) is 5.23. The topological polar surface area (TPSA) is 118 Å². The smallest absolute Gasteiger partial charge is 0.423 e. The van der Waals surface area contributed by atoms with Crippen LogP contribution in [0.15, 0.2) is 65.3 Å². The predicted octanol–water partition coefficient (Wildman–Crippen LogP) is 3.32. The second-order valence-corrected chi connectivity index (χ2v) is 9.56. The molecule has 3 amide bonds. The van der Waals surface area contributed by atoms with Crippen LogP contribution in [0, 0.1) is 17.8 Å². The van der Waals surface area contributed by atoms with Crippen molar-refractivity contribution in [2.24, 2.45) is 17.8 Å². The summed E-state index contributed by atoms with van der Waals surface area (Å²) in [6.07, 6.45) is 4.45. The molecule has 4 atom stereocenters. The Morgan fingerprint density at radius 1 is 1.19 bits per heavy atom. The Kier molecular flexibility index (Phi) is 5.62. The van der Waals surface area contributed by atoms with E-state index in [2.05, 4.69) is 11.3 Å². The molecule has 0 aromatic heterocycles. The van der Waals surface area contributed by atoms with E-state index < -0.39 is 41.6 Å². The average molecular weight is 488 g/mol. The lowest BCUT2D eigenvalue weighted by Crippen LogP contribution is -2.40. The van der Waals surface area contributed by atoms with Crippen LogP contribution >= 0.6 is 0 Å². The predicted molar refractivity (Wildman–Crippen MR) is 128 cm³/mol. The number of methoxy groups -OCH3 is 1. The molecule has 3 aliphatic carbocycles. The fourth-order valence-corrected chi connectivity index (χ4v) is 6.17. The standard InChI is InChI=1S/C28H25NO7/c1-4-6-14-7-5-8-16(25(14)32)21-15-9-10-17-22(27(34)29(26(17)33)28(35)36-3)18(15)12-19-23(21)20(30)11-13(2)24(19)31/h4-5,7-9,11,17-18,21-22,32H,1,6,10,12H2,2-3H3. The molecule has 5 rings (SSSR count). The zero-order valence-corrected chi connectivity index (χ0v) is 19.9. The lowest BCUT2D eigenvalue weighted by Gasteiger charge is -2.42. The van der Waals surface area contributed by atoms with Gasteiger partial charge in [0.15, 0.2) is 11.6 Å². The number of aromatic hydroxyl groups is 1. The Labute approximate surface area is 207 Å². The van der Waals surface area contributed by atoms with Gasteiger partial charge in [-0.05, 0) is 43.7 Å². The SMILES string of the molecule is C=CCc1cccc(C2C3=CCC4C(=O)N(C(=O)OC)C(=O)C4C3CC3=C2C(=O)C=C(C)C3=O)c1O. The van der Waals surface area contributed by atoms with Gasteiger partial charge < -0.3 is 9.84 Å². The fourth-order valence-electron chi connectivity index (χ4n) is 6.17. The van der Waals surface area contributed by atoms with Crippen LogP contribution in [-0.2, 0) is 30.3 Å². The van der Waals surface area contributed by atoms with Gasteiger partial charge in [-0.25, -0.2) is 4.79 Å². The number of ether oxygens (including phenoxy) is 1. The van der Waals surface area contributed by atoms with Crippen molar-refractivity contribution in [1.29, 1.82) is 0 Å². The van der Waals surface area contributed by atoms with Crippen LogP contribution in [0.2, 0.25) is 0 Å². The molecule has 1 saturated heterocycles. The van der Waals surface area contributed by atoms with Crippen LogP contribution in [0.1, 0.15) is 36.8 Å². The molecular weight excluding hydrogens is 462 g/mol. The van der Waals surface area contributed by atoms with Crippen LogP contribution in [0.25, 0.3) is 0 Å². The van der Waals surface area contributed by atoms with Crippen molar-refractivity contribution < 1.29 is 33.8 Å². The largest absolute Gasteiger partial charge is 0.507 e. The number of carbonyl (C=O) groups is 5. The van der Waals surface area contributed by atoms with Crippen LogP contribution in [0.5, 0.6) is 5.75 Å². The van der Waals surface area contributed by atoms with Gasteiger partial charge in [0, 0.05) is 28.2 Å². The molecule has 4 unspecified atom stereocenters. The number of phenols is 1. The van der Waals surface area contributed by atoms with Gasteiger partial charge in [-0.15, -0.1) is 6.58 Å². The highest BCUT2D eigenvalue weighted by atomic mass is 16.5. The van der Waals surface area contributed by atoms with Crippen molar-refractivity contribution in [2.45, 2.75) is 32.1 Å². The molecule has 36 heavy (non-hydrogen) atoms. The number of likely N-dealkylation sites (tertiary alicyclic amines) is 1. The Bertz CT molecular complexity index is 1360. The number of hydrogen-bond acceptors (Lipinski definition) is 7. The lowest BCUT2D eigenvalue weighted by molar-refractivity contribution is -0.137. The highest BCUT2D eigenvalue weighted by Gasteiger charge is 2.58. The number of Topliss-reactive ketones (excluding diaryl/α,β-unsaturated/α-hetero) is 1. The van der Waals surface area contributed by atoms with Gasteiger partial charge in [-0.2, -0.15) is 4.90 Å². The first-order chi connectivity index (χ1) is 17.2. The third-order valence-corrected chi connectivity index (χ3v) is 7.75. The van der Waals surface area contributed by atoms with E-state index >= 15 is 0 Å². The van der Waals surface area contributed by atoms with E-state index in [1.807, 2.05) is 6.08 Å². The second kappa shape index (κ2) is 8.55. The number of amides is 3. The number of hydrogen-bond donors (Lipinski definition) is 1. The van der Waals surface area contributed by atoms with Gasteiger partial charge >= 0.3 is 6.09 Å². The Balaban J connectivity index is 1.70. The van der Waals surface area contributed by atoms with Crippen molar-refractivity contribution in [3.63, 3.8) is 0 Å². The summed E-state index contributed by atoms with van der Waals surface area (Å²) in [5.41, 5.74) is 2.64. The van der Waals surface area contributed by atoms with Crippen molar-refractivity contribution in [3.8, 4) is 5.75 Å². The molecule has 0 saturated carbocycles. The number of para-hydroxylation sites is 1. The summed E-state index contributed by atoms with van der Waals surface area (Å²) in [5, 5.41) is 11.2. The number of nitrogens with zero attached hydrogens (tertiary/aromatic N) is 1. The molecule has 1 N–H and O–H groups in total. The average Bonchev–Trinajstić information content (AvgIpc) is 3.12. The Morgan fingerprint density at radius 3 is 2.64 bits per heavy atom. The maximum absolute atomic E-state index is 13.4. The number of fused-ring (bicyclic) bond motifs is 3. The van der Waals surface area contributed by atoms with E-state index in [9.17, 15) is 29.1 Å². The Morgan fingerprint density at radius 2 is 1.94 bits per heavy atom. The maximum Gasteiger partial charge on any atom is 0.423 e. The molecular formula is C28H25NO7. The molecule has 1 aliphatic heterocycles. The summed E-state index contributed by atoms with van der Waals surface area (Å²) in [7, 11) is 1.10. The monoisotopic (exact) mass is 487 g/mol. The first kappa shape index (κ1) is 23.7. The van der Waals surface area contributed by atoms with Gasteiger partial charge in [0.2, 0.25) is 11.8 Å². The summed E-state index contributed by atoms with van der Waals surface area (Å²) in [4.78, 5) is 65.7. The molecule has 184 valence electrons. The molecule has 1 aromatic carbocycles. The van der Waals surface area contributed by atoms with Crippen LogP contribution in [-0.4, -0.2) is 46.6 Å². The normalized spacial score (nSPS) is 27.2. The number of ketones is 2. The van der Waals surface area contributed by atoms with E-state index in [4.69, 9.17) is 0 Å². The minimum Gasteiger partial charge on any atom is -0.507 e. The van der Waals surface area contributed by atoms with Gasteiger partial charge in [0.1, 0.15) is 5.75 Å². The number of allylic oxidation sites excluding steroid dienone is 7. The van der Waals surface area contributed by atoms with Crippen molar-refractivity contribution in [3.05, 3.63) is 76.4 Å². The quantitative estimate of drug-likeness (QED) is 0.395. The number of benzene rings is 1. The van der Waals surface area contributed by atoms with Crippen LogP contribution in [0.4, 0.5) is 4.79 Å². The molecule has 4 aliphatic rings. The van der Waals surface area contributed by atoms with Crippen molar-refractivity contribution in [2.75, 3.05) is 7.11 Å². The van der Waals surface area contributed by atoms with E-state index in [0.29, 0.717) is 39.2 Å². The van der Waals surface area contributed by atoms with E-state index in [-0.39, 0.29) is 35.7 Å². The maximum atomic E-state index is 13.4. The zero-order chi connectivity index (χ0) is 25.9. The summed E-state index contributed by atoms with van der Waals surface area (Å²) in [6.45, 7) is 5.30. The second-order valence-electron chi connectivity index (χ2n) is 9.56. The molecule has 0 spiro atoms. The van der Waals surface area contributed by atoms with Crippen LogP contribution < -0.4 is 0 Å². The highest BCUT2D eigenvalue weighted by Crippen LogP contribution is 2.56. The minimum absolute atomic E-state index is 0.00513. The minimum atomic E-state index is -1.04. The Hall–Kier alpha value is -4.07. The number of imide groups is 3. The number of rotatable bonds is 3. The molecule has 0 radical (unpaired) electrons. The van der Waals surface area contributed by atoms with Crippen molar-refractivity contribution >= 4 is 29.5 Å². The first-order valence-corrected chi connectivity index (χ1v) is 11.8. The van der Waals surface area contributed by atoms with Gasteiger partial charge in [-0.3, -0.25) is 19.2 Å². The third kappa shape index (κ3) is 3.24. The first-order valence-electron chi connectivity index (χ1n) is 11.8. The van der Waals surface area contributed by atoms with Gasteiger partial charge in [-0.1, -0.05) is 35.9 Å². The van der Waals surface area contributed by atoms with Gasteiger partial charge in [0.05, 0.1) is 18.9 Å². The summed E-state index contributed by atoms with van der Waals surface area (Å²) < 4.78 is 4.66. The molecule has 8 heteroatoms. The van der Waals surface area contributed by atoms with E-state index in [1.54, 1.807) is 31.2 Å². The molecule has 1 fully saturated rings. The number of carbonyl (C=O) groups excluding carboxylic acids is 5. The van der Waals surface area contributed by atoms with E-state index in [0.717, 1.165) is 7.11 Å². The molecule has 0 bridgehead atoms. The molecule has 8 nitrogen and oxygen atoms in total. The third-order valence-electron chi connectivity index (χ3n) is 7.75. The lowest BCUT2D eigenvalue weighted by atomic mass is 9.59. The summed E-state index contributed by atoms with van der Waals surface area (Å²) >= 11 is 0. The van der Waals surface area contributed by atoms with Crippen LogP contribution in [0.3, 0.4) is 0 Å². The van der Waals surface area contributed by atoms with Crippen molar-refractivity contribution in [1.82, 2.24) is 4.90 Å². The number of phenolic OH excluding ortho intramolecular Hbond substituents is 1. The molecule has 1 aromatic rings. The van der Waals surface area contributed by atoms with E-state index in [1.165, 1.54) is 6.08 Å². The summed E-state index contributed by atoms with van der Waals surface area (Å²) in [5.74, 6) is -4.89. The zero-order valence-electron chi connectivity index (χ0n) is 19.9.